The monoisotopic (exact) mass is 504 g/mol. The summed E-state index contributed by atoms with van der Waals surface area (Å²) in [6.07, 6.45) is 6.76. The fraction of sp³-hybridized carbons (Fsp3) is 0.462. The smallest absolute Gasteiger partial charge is 0.243 e. The zero-order valence-corrected chi connectivity index (χ0v) is 20.9. The number of halogens is 2. The van der Waals surface area contributed by atoms with Crippen LogP contribution in [0.5, 0.6) is 0 Å². The van der Waals surface area contributed by atoms with E-state index in [4.69, 9.17) is 34.7 Å². The molecule has 6 N–H and O–H groups in total. The lowest BCUT2D eigenvalue weighted by atomic mass is 9.85. The van der Waals surface area contributed by atoms with Crippen molar-refractivity contribution in [3.63, 3.8) is 0 Å². The average Bonchev–Trinajstić information content (AvgIpc) is 2.85. The first-order valence-corrected chi connectivity index (χ1v) is 12.7. The van der Waals surface area contributed by atoms with Gasteiger partial charge in [-0.05, 0) is 41.2 Å². The van der Waals surface area contributed by atoms with Crippen LogP contribution in [0.1, 0.15) is 55.2 Å². The molecule has 2 atom stereocenters. The molecule has 0 bridgehead atoms. The molecule has 8 heteroatoms. The van der Waals surface area contributed by atoms with Crippen molar-refractivity contribution in [3.8, 4) is 0 Å². The van der Waals surface area contributed by atoms with Crippen LogP contribution in [-0.2, 0) is 29.1 Å². The molecular weight excluding hydrogens is 471 g/mol. The first kappa shape index (κ1) is 26.5. The third-order valence-electron chi connectivity index (χ3n) is 6.43. The van der Waals surface area contributed by atoms with Crippen LogP contribution < -0.4 is 22.1 Å². The van der Waals surface area contributed by atoms with Gasteiger partial charge >= 0.3 is 0 Å². The molecule has 184 valence electrons. The van der Waals surface area contributed by atoms with Crippen molar-refractivity contribution in [2.24, 2.45) is 17.4 Å². The Hall–Kier alpha value is -2.12. The highest BCUT2D eigenvalue weighted by atomic mass is 35.5. The lowest BCUT2D eigenvalue weighted by molar-refractivity contribution is -0.129. The van der Waals surface area contributed by atoms with Crippen molar-refractivity contribution in [3.05, 3.63) is 69.2 Å². The minimum atomic E-state index is -0.787. The van der Waals surface area contributed by atoms with E-state index in [2.05, 4.69) is 10.6 Å². The highest BCUT2D eigenvalue weighted by Gasteiger charge is 2.26. The molecule has 3 rings (SSSR count). The lowest BCUT2D eigenvalue weighted by Gasteiger charge is -2.25. The third kappa shape index (κ3) is 7.98. The number of nitrogens with two attached hydrogens (primary N) is 2. The number of carbonyl (C=O) groups excluding carboxylic acids is 2. The normalized spacial score (nSPS) is 16.0. The van der Waals surface area contributed by atoms with Gasteiger partial charge in [-0.25, -0.2) is 0 Å². The Morgan fingerprint density at radius 2 is 1.56 bits per heavy atom. The quantitative estimate of drug-likeness (QED) is 0.390. The molecule has 0 radical (unpaired) electrons. The van der Waals surface area contributed by atoms with E-state index in [0.717, 1.165) is 29.5 Å². The standard InChI is InChI=1S/C26H34Cl2N4O2/c27-21-11-10-20(12-22(21)28)14-24(26(34)31-16-19-8-6-18(15-29)7-9-19)32-25(33)23(30)13-17-4-2-1-3-5-17/h6-12,17,23-24H,1-5,13-16,29-30H2,(H,31,34)(H,32,33)/t23?,24-/m0/s1. The predicted octanol–water partition coefficient (Wildman–Crippen LogP) is 4.09. The molecule has 1 aliphatic carbocycles. The van der Waals surface area contributed by atoms with Gasteiger partial charge < -0.3 is 22.1 Å². The Morgan fingerprint density at radius 1 is 0.912 bits per heavy atom. The Balaban J connectivity index is 1.66. The van der Waals surface area contributed by atoms with Crippen LogP contribution >= 0.6 is 23.2 Å². The molecule has 34 heavy (non-hydrogen) atoms. The Bertz CT molecular complexity index is 962. The van der Waals surface area contributed by atoms with Gasteiger partial charge in [0.1, 0.15) is 6.04 Å². The first-order valence-electron chi connectivity index (χ1n) is 11.9. The maximum atomic E-state index is 13.1. The summed E-state index contributed by atoms with van der Waals surface area (Å²) in [5.74, 6) is -0.126. The number of rotatable bonds is 10. The van der Waals surface area contributed by atoms with E-state index in [0.29, 0.717) is 35.5 Å². The Morgan fingerprint density at radius 3 is 2.21 bits per heavy atom. The molecule has 0 aliphatic heterocycles. The van der Waals surface area contributed by atoms with E-state index < -0.39 is 12.1 Å². The van der Waals surface area contributed by atoms with Crippen LogP contribution in [0.3, 0.4) is 0 Å². The summed E-state index contributed by atoms with van der Waals surface area (Å²) in [7, 11) is 0. The molecule has 1 unspecified atom stereocenters. The van der Waals surface area contributed by atoms with Crippen LogP contribution in [0.4, 0.5) is 0 Å². The van der Waals surface area contributed by atoms with E-state index in [1.54, 1.807) is 18.2 Å². The van der Waals surface area contributed by atoms with Crippen molar-refractivity contribution in [1.82, 2.24) is 10.6 Å². The Labute approximate surface area is 211 Å². The molecule has 0 spiro atoms. The van der Waals surface area contributed by atoms with E-state index in [-0.39, 0.29) is 18.2 Å². The van der Waals surface area contributed by atoms with Crippen LogP contribution in [0.25, 0.3) is 0 Å². The van der Waals surface area contributed by atoms with Crippen molar-refractivity contribution in [1.29, 1.82) is 0 Å². The Kier molecular flexibility index (Phi) is 10.2. The second-order valence-corrected chi connectivity index (χ2v) is 9.91. The number of benzene rings is 2. The highest BCUT2D eigenvalue weighted by molar-refractivity contribution is 6.42. The molecule has 0 aromatic heterocycles. The fourth-order valence-corrected chi connectivity index (χ4v) is 4.71. The zero-order valence-electron chi connectivity index (χ0n) is 19.4. The summed E-state index contributed by atoms with van der Waals surface area (Å²) >= 11 is 12.2. The maximum absolute atomic E-state index is 13.1. The third-order valence-corrected chi connectivity index (χ3v) is 7.17. The van der Waals surface area contributed by atoms with Gasteiger partial charge in [-0.3, -0.25) is 9.59 Å². The van der Waals surface area contributed by atoms with Crippen LogP contribution in [-0.4, -0.2) is 23.9 Å². The molecule has 2 aromatic carbocycles. The number of amides is 2. The minimum Gasteiger partial charge on any atom is -0.350 e. The molecule has 0 saturated heterocycles. The largest absolute Gasteiger partial charge is 0.350 e. The topological polar surface area (TPSA) is 110 Å². The summed E-state index contributed by atoms with van der Waals surface area (Å²) in [5.41, 5.74) is 14.6. The van der Waals surface area contributed by atoms with Gasteiger partial charge in [0.05, 0.1) is 16.1 Å². The molecule has 6 nitrogen and oxygen atoms in total. The summed E-state index contributed by atoms with van der Waals surface area (Å²) in [6.45, 7) is 0.803. The first-order chi connectivity index (χ1) is 16.4. The molecule has 1 fully saturated rings. The second-order valence-electron chi connectivity index (χ2n) is 9.10. The second kappa shape index (κ2) is 13.1. The van der Waals surface area contributed by atoms with Crippen molar-refractivity contribution < 1.29 is 9.59 Å². The number of nitrogens with one attached hydrogen (secondary N) is 2. The summed E-state index contributed by atoms with van der Waals surface area (Å²) < 4.78 is 0. The number of carbonyl (C=O) groups is 2. The van der Waals surface area contributed by atoms with Crippen molar-refractivity contribution in [2.45, 2.75) is 70.1 Å². The van der Waals surface area contributed by atoms with Crippen LogP contribution in [0, 0.1) is 5.92 Å². The number of hydrogen-bond acceptors (Lipinski definition) is 4. The molecule has 1 aliphatic rings. The zero-order chi connectivity index (χ0) is 24.5. The lowest BCUT2D eigenvalue weighted by Crippen LogP contribution is -2.52. The molecule has 2 aromatic rings. The molecule has 0 heterocycles. The van der Waals surface area contributed by atoms with E-state index in [9.17, 15) is 9.59 Å². The molecular formula is C26H34Cl2N4O2. The fourth-order valence-electron chi connectivity index (χ4n) is 4.38. The molecule has 2 amide bonds. The highest BCUT2D eigenvalue weighted by Crippen LogP contribution is 2.27. The van der Waals surface area contributed by atoms with E-state index >= 15 is 0 Å². The van der Waals surface area contributed by atoms with Crippen molar-refractivity contribution in [2.75, 3.05) is 0 Å². The van der Waals surface area contributed by atoms with Gasteiger partial charge in [0, 0.05) is 19.5 Å². The number of hydrogen-bond donors (Lipinski definition) is 4. The van der Waals surface area contributed by atoms with Gasteiger partial charge in [-0.1, -0.05) is 85.6 Å². The predicted molar refractivity (Wildman–Crippen MR) is 137 cm³/mol. The van der Waals surface area contributed by atoms with Gasteiger partial charge in [0.2, 0.25) is 11.8 Å². The van der Waals surface area contributed by atoms with Crippen LogP contribution in [0.15, 0.2) is 42.5 Å². The minimum absolute atomic E-state index is 0.275. The van der Waals surface area contributed by atoms with Gasteiger partial charge in [-0.2, -0.15) is 0 Å². The van der Waals surface area contributed by atoms with Gasteiger partial charge in [0.15, 0.2) is 0 Å². The van der Waals surface area contributed by atoms with Crippen LogP contribution in [0.2, 0.25) is 10.0 Å². The summed E-state index contributed by atoms with van der Waals surface area (Å²) in [5, 5.41) is 6.64. The average molecular weight is 505 g/mol. The maximum Gasteiger partial charge on any atom is 0.243 e. The van der Waals surface area contributed by atoms with Gasteiger partial charge in [-0.15, -0.1) is 0 Å². The van der Waals surface area contributed by atoms with Crippen molar-refractivity contribution >= 4 is 35.0 Å². The summed E-state index contributed by atoms with van der Waals surface area (Å²) in [6, 6.07) is 11.5. The summed E-state index contributed by atoms with van der Waals surface area (Å²) in [4.78, 5) is 26.0. The van der Waals surface area contributed by atoms with E-state index in [1.807, 2.05) is 24.3 Å². The SMILES string of the molecule is NCc1ccc(CNC(=O)[C@H](Cc2ccc(Cl)c(Cl)c2)NC(=O)C(N)CC2CCCCC2)cc1. The van der Waals surface area contributed by atoms with E-state index in [1.165, 1.54) is 19.3 Å². The molecule has 1 saturated carbocycles. The van der Waals surface area contributed by atoms with Gasteiger partial charge in [0.25, 0.3) is 0 Å².